The molecule has 0 radical (unpaired) electrons. The van der Waals surface area contributed by atoms with Crippen LogP contribution in [-0.4, -0.2) is 63.8 Å². The van der Waals surface area contributed by atoms with Gasteiger partial charge in [-0.05, 0) is 36.8 Å². The number of carbonyl (C=O) groups excluding carboxylic acids is 1. The van der Waals surface area contributed by atoms with Gasteiger partial charge in [-0.25, -0.2) is 4.79 Å². The Morgan fingerprint density at radius 3 is 2.29 bits per heavy atom. The molecule has 42 heavy (non-hydrogen) atoms. The topological polar surface area (TPSA) is 131 Å². The molecule has 0 spiro atoms. The number of aliphatic hydroxyl groups excluding tert-OH is 1. The first kappa shape index (κ1) is 29.3. The molecular weight excluding hydrogens is 548 g/mol. The van der Waals surface area contributed by atoms with E-state index in [2.05, 4.69) is 0 Å². The van der Waals surface area contributed by atoms with Crippen molar-refractivity contribution < 1.29 is 52.9 Å². The Morgan fingerprint density at radius 1 is 0.952 bits per heavy atom. The van der Waals surface area contributed by atoms with E-state index in [1.54, 1.807) is 49.4 Å². The van der Waals surface area contributed by atoms with Crippen molar-refractivity contribution in [1.29, 1.82) is 0 Å². The predicted octanol–water partition coefficient (Wildman–Crippen LogP) is 4.42. The molecule has 0 saturated carbocycles. The van der Waals surface area contributed by atoms with E-state index in [0.29, 0.717) is 28.0 Å². The monoisotopic (exact) mass is 582 g/mol. The SMILES string of the molecule is COCOc1c2c(cc3c1-c1c(cc(OC)c(OC)c1OC)[C@H](O)[C@@](C)(O)[C@@H](C)[C@H]3OC(=O)c1ccccc1)OCO2. The number of benzene rings is 3. The second kappa shape index (κ2) is 11.6. The van der Waals surface area contributed by atoms with Gasteiger partial charge in [0.2, 0.25) is 18.3 Å². The van der Waals surface area contributed by atoms with E-state index in [1.165, 1.54) is 35.4 Å². The Bertz CT molecular complexity index is 1470. The van der Waals surface area contributed by atoms with Gasteiger partial charge in [-0.15, -0.1) is 0 Å². The van der Waals surface area contributed by atoms with E-state index < -0.39 is 29.7 Å². The summed E-state index contributed by atoms with van der Waals surface area (Å²) >= 11 is 0. The molecule has 11 nitrogen and oxygen atoms in total. The van der Waals surface area contributed by atoms with Crippen LogP contribution >= 0.6 is 0 Å². The minimum atomic E-state index is -1.83. The summed E-state index contributed by atoms with van der Waals surface area (Å²) in [5, 5.41) is 23.8. The van der Waals surface area contributed by atoms with E-state index in [0.717, 1.165) is 0 Å². The van der Waals surface area contributed by atoms with Crippen molar-refractivity contribution in [3.8, 4) is 45.6 Å². The Hall–Kier alpha value is -4.19. The molecule has 0 amide bonds. The molecule has 2 aliphatic rings. The third-order valence-corrected chi connectivity index (χ3v) is 7.86. The number of carbonyl (C=O) groups is 1. The lowest BCUT2D eigenvalue weighted by Crippen LogP contribution is -2.44. The van der Waals surface area contributed by atoms with E-state index in [9.17, 15) is 15.0 Å². The highest BCUT2D eigenvalue weighted by Crippen LogP contribution is 2.60. The van der Waals surface area contributed by atoms with Crippen LogP contribution in [-0.2, 0) is 9.47 Å². The molecule has 1 heterocycles. The smallest absolute Gasteiger partial charge is 0.338 e. The molecule has 0 unspecified atom stereocenters. The molecule has 0 bridgehead atoms. The zero-order valence-electron chi connectivity index (χ0n) is 24.3. The van der Waals surface area contributed by atoms with Gasteiger partial charge in [-0.2, -0.15) is 0 Å². The van der Waals surface area contributed by atoms with Gasteiger partial charge in [0, 0.05) is 29.7 Å². The molecule has 11 heteroatoms. The maximum Gasteiger partial charge on any atom is 0.338 e. The number of ether oxygens (including phenoxy) is 8. The van der Waals surface area contributed by atoms with Crippen molar-refractivity contribution in [3.63, 3.8) is 0 Å². The van der Waals surface area contributed by atoms with Crippen LogP contribution in [0.3, 0.4) is 0 Å². The minimum absolute atomic E-state index is 0.0815. The summed E-state index contributed by atoms with van der Waals surface area (Å²) in [4.78, 5) is 13.5. The Balaban J connectivity index is 1.90. The quantitative estimate of drug-likeness (QED) is 0.289. The zero-order valence-corrected chi connectivity index (χ0v) is 24.3. The van der Waals surface area contributed by atoms with Crippen LogP contribution in [0.5, 0.6) is 34.5 Å². The molecule has 0 fully saturated rings. The van der Waals surface area contributed by atoms with Gasteiger partial charge in [0.05, 0.1) is 32.5 Å². The summed E-state index contributed by atoms with van der Waals surface area (Å²) in [7, 11) is 5.83. The fraction of sp³-hybridized carbons (Fsp3) is 0.387. The second-order valence-corrected chi connectivity index (χ2v) is 10.2. The fourth-order valence-corrected chi connectivity index (χ4v) is 5.48. The lowest BCUT2D eigenvalue weighted by molar-refractivity contribution is -0.131. The average molecular weight is 583 g/mol. The van der Waals surface area contributed by atoms with Gasteiger partial charge < -0.3 is 48.1 Å². The highest BCUT2D eigenvalue weighted by atomic mass is 16.7. The number of hydrogen-bond donors (Lipinski definition) is 2. The number of aliphatic hydroxyl groups is 2. The van der Waals surface area contributed by atoms with Crippen LogP contribution in [0.4, 0.5) is 0 Å². The molecule has 0 aromatic heterocycles. The number of rotatable bonds is 8. The van der Waals surface area contributed by atoms with E-state index in [4.69, 9.17) is 37.9 Å². The number of methoxy groups -OCH3 is 4. The third kappa shape index (κ3) is 4.73. The normalized spacial score (nSPS) is 22.2. The average Bonchev–Trinajstić information content (AvgIpc) is 3.48. The van der Waals surface area contributed by atoms with Gasteiger partial charge >= 0.3 is 5.97 Å². The largest absolute Gasteiger partial charge is 0.493 e. The first-order valence-electron chi connectivity index (χ1n) is 13.3. The number of esters is 1. The maximum absolute atomic E-state index is 13.5. The van der Waals surface area contributed by atoms with Crippen molar-refractivity contribution in [1.82, 2.24) is 0 Å². The molecule has 0 saturated heterocycles. The van der Waals surface area contributed by atoms with Crippen molar-refractivity contribution >= 4 is 5.97 Å². The third-order valence-electron chi connectivity index (χ3n) is 7.86. The Morgan fingerprint density at radius 2 is 1.64 bits per heavy atom. The minimum Gasteiger partial charge on any atom is -0.493 e. The van der Waals surface area contributed by atoms with Crippen molar-refractivity contribution in [2.75, 3.05) is 42.0 Å². The van der Waals surface area contributed by atoms with Crippen LogP contribution < -0.4 is 28.4 Å². The number of hydrogen-bond acceptors (Lipinski definition) is 11. The first-order chi connectivity index (χ1) is 20.2. The van der Waals surface area contributed by atoms with Crippen molar-refractivity contribution in [2.45, 2.75) is 31.7 Å². The standard InChI is InChI=1S/C31H34O11/c1-16-24(42-30(33)17-10-8-7-9-11-17)18-12-21-26(41-15-39-21)28(40-14-35-3)22(18)23-19(29(32)31(16,2)34)13-20(36-4)25(37-5)27(23)38-6/h7-13,16,24,29,32,34H,14-15H2,1-6H3/t16-,24+,29-,31-/m0/s1. The van der Waals surface area contributed by atoms with Crippen LogP contribution in [0.25, 0.3) is 11.1 Å². The Labute approximate surface area is 243 Å². The van der Waals surface area contributed by atoms with Gasteiger partial charge in [0.25, 0.3) is 0 Å². The van der Waals surface area contributed by atoms with E-state index in [-0.39, 0.29) is 47.9 Å². The zero-order chi connectivity index (χ0) is 30.2. The highest BCUT2D eigenvalue weighted by molar-refractivity contribution is 5.91. The summed E-state index contributed by atoms with van der Waals surface area (Å²) < 4.78 is 46.2. The summed E-state index contributed by atoms with van der Waals surface area (Å²) in [5.74, 6) is 0.0405. The molecule has 224 valence electrons. The van der Waals surface area contributed by atoms with E-state index >= 15 is 0 Å². The van der Waals surface area contributed by atoms with Gasteiger partial charge in [-0.3, -0.25) is 0 Å². The molecule has 4 atom stereocenters. The lowest BCUT2D eigenvalue weighted by atomic mass is 9.71. The van der Waals surface area contributed by atoms with Crippen LogP contribution in [0, 0.1) is 5.92 Å². The van der Waals surface area contributed by atoms with Crippen molar-refractivity contribution in [3.05, 3.63) is 59.2 Å². The first-order valence-corrected chi connectivity index (χ1v) is 13.3. The molecule has 5 rings (SSSR count). The predicted molar refractivity (Wildman–Crippen MR) is 150 cm³/mol. The van der Waals surface area contributed by atoms with Gasteiger partial charge in [0.1, 0.15) is 12.2 Å². The number of fused-ring (bicyclic) bond motifs is 4. The molecular formula is C31H34O11. The van der Waals surface area contributed by atoms with Crippen molar-refractivity contribution in [2.24, 2.45) is 5.92 Å². The summed E-state index contributed by atoms with van der Waals surface area (Å²) in [5.41, 5.74) is -0.152. The molecule has 2 N–H and O–H groups in total. The Kier molecular flexibility index (Phi) is 8.09. The lowest BCUT2D eigenvalue weighted by Gasteiger charge is -2.42. The van der Waals surface area contributed by atoms with Gasteiger partial charge in [-0.1, -0.05) is 25.1 Å². The van der Waals surface area contributed by atoms with Crippen LogP contribution in [0.1, 0.15) is 47.5 Å². The molecule has 3 aromatic rings. The molecule has 1 aliphatic heterocycles. The summed E-state index contributed by atoms with van der Waals surface area (Å²) in [6.45, 7) is 2.93. The second-order valence-electron chi connectivity index (χ2n) is 10.2. The van der Waals surface area contributed by atoms with Crippen LogP contribution in [0.15, 0.2) is 42.5 Å². The van der Waals surface area contributed by atoms with E-state index in [1.807, 2.05) is 0 Å². The molecule has 3 aromatic carbocycles. The summed E-state index contributed by atoms with van der Waals surface area (Å²) in [6.07, 6.45) is -2.62. The fourth-order valence-electron chi connectivity index (χ4n) is 5.48. The highest BCUT2D eigenvalue weighted by Gasteiger charge is 2.49. The summed E-state index contributed by atoms with van der Waals surface area (Å²) in [6, 6.07) is 11.8. The van der Waals surface area contributed by atoms with Crippen LogP contribution in [0.2, 0.25) is 0 Å². The maximum atomic E-state index is 13.5. The molecule has 1 aliphatic carbocycles. The van der Waals surface area contributed by atoms with Gasteiger partial charge in [0.15, 0.2) is 29.8 Å².